The maximum atomic E-state index is 10.9. The summed E-state index contributed by atoms with van der Waals surface area (Å²) in [5.74, 6) is -0.617. The van der Waals surface area contributed by atoms with Gasteiger partial charge in [-0.05, 0) is 5.92 Å². The molecule has 0 saturated heterocycles. The van der Waals surface area contributed by atoms with Crippen LogP contribution in [-0.4, -0.2) is 11.8 Å². The van der Waals surface area contributed by atoms with Crippen molar-refractivity contribution in [1.29, 1.82) is 5.26 Å². The van der Waals surface area contributed by atoms with Gasteiger partial charge in [-0.25, -0.2) is 0 Å². The monoisotopic (exact) mass is 168 g/mol. The molecule has 0 aliphatic carbocycles. The van der Waals surface area contributed by atoms with E-state index in [4.69, 9.17) is 5.26 Å². The second-order valence-electron chi connectivity index (χ2n) is 2.90. The van der Waals surface area contributed by atoms with Crippen LogP contribution in [-0.2, 0) is 9.59 Å². The van der Waals surface area contributed by atoms with E-state index in [-0.39, 0.29) is 18.2 Å². The molecule has 0 heterocycles. The van der Waals surface area contributed by atoms with Gasteiger partial charge in [0.15, 0.2) is 0 Å². The predicted octanol–water partition coefficient (Wildman–Crippen LogP) is 0.589. The quantitative estimate of drug-likeness (QED) is 0.670. The van der Waals surface area contributed by atoms with Crippen molar-refractivity contribution in [3.8, 4) is 6.07 Å². The highest BCUT2D eigenvalue weighted by Crippen LogP contribution is 1.97. The Bertz CT molecular complexity index is 216. The van der Waals surface area contributed by atoms with Crippen LogP contribution in [0.2, 0.25) is 0 Å². The van der Waals surface area contributed by atoms with Crippen molar-refractivity contribution >= 4 is 11.8 Å². The molecule has 12 heavy (non-hydrogen) atoms. The Morgan fingerprint density at radius 1 is 1.42 bits per heavy atom. The molecule has 0 radical (unpaired) electrons. The van der Waals surface area contributed by atoms with Gasteiger partial charge in [0.1, 0.15) is 6.42 Å². The summed E-state index contributed by atoms with van der Waals surface area (Å²) in [4.78, 5) is 21.6. The number of carbonyl (C=O) groups is 2. The maximum Gasteiger partial charge on any atom is 0.240 e. The zero-order valence-corrected chi connectivity index (χ0v) is 7.26. The highest BCUT2D eigenvalue weighted by Gasteiger charge is 2.08. The normalized spacial score (nSPS) is 9.17. The van der Waals surface area contributed by atoms with Gasteiger partial charge in [0.2, 0.25) is 11.8 Å². The maximum absolute atomic E-state index is 10.9. The zero-order valence-electron chi connectivity index (χ0n) is 7.26. The van der Waals surface area contributed by atoms with E-state index in [0.717, 1.165) is 0 Å². The largest absolute Gasteiger partial charge is 0.296 e. The molecule has 0 unspecified atom stereocenters. The van der Waals surface area contributed by atoms with E-state index in [1.165, 1.54) is 0 Å². The summed E-state index contributed by atoms with van der Waals surface area (Å²) in [5.41, 5.74) is 0. The molecule has 0 atom stereocenters. The first-order valence-electron chi connectivity index (χ1n) is 3.76. The van der Waals surface area contributed by atoms with E-state index in [2.05, 4.69) is 5.32 Å². The summed E-state index contributed by atoms with van der Waals surface area (Å²) >= 11 is 0. The first kappa shape index (κ1) is 10.6. The summed E-state index contributed by atoms with van der Waals surface area (Å²) in [5, 5.41) is 10.2. The molecule has 66 valence electrons. The van der Waals surface area contributed by atoms with E-state index in [9.17, 15) is 9.59 Å². The fraction of sp³-hybridized carbons (Fsp3) is 0.625. The summed E-state index contributed by atoms with van der Waals surface area (Å²) < 4.78 is 0. The molecular weight excluding hydrogens is 156 g/mol. The van der Waals surface area contributed by atoms with Crippen LogP contribution in [0.1, 0.15) is 26.7 Å². The van der Waals surface area contributed by atoms with Crippen molar-refractivity contribution < 1.29 is 9.59 Å². The number of rotatable bonds is 3. The first-order chi connectivity index (χ1) is 5.56. The van der Waals surface area contributed by atoms with Crippen molar-refractivity contribution in [3.63, 3.8) is 0 Å². The Kier molecular flexibility index (Phi) is 4.70. The van der Waals surface area contributed by atoms with Gasteiger partial charge in [-0.15, -0.1) is 0 Å². The molecule has 1 N–H and O–H groups in total. The van der Waals surface area contributed by atoms with E-state index in [1.54, 1.807) is 6.07 Å². The summed E-state index contributed by atoms with van der Waals surface area (Å²) in [6.45, 7) is 3.77. The van der Waals surface area contributed by atoms with E-state index >= 15 is 0 Å². The lowest BCUT2D eigenvalue weighted by Gasteiger charge is -2.03. The molecule has 0 bridgehead atoms. The second-order valence-corrected chi connectivity index (χ2v) is 2.90. The molecule has 0 aromatic heterocycles. The van der Waals surface area contributed by atoms with E-state index in [1.807, 2.05) is 13.8 Å². The molecule has 0 saturated carbocycles. The molecule has 0 spiro atoms. The zero-order chi connectivity index (χ0) is 9.56. The SMILES string of the molecule is CC(C)CC(=O)NC(=O)CC#N. The lowest BCUT2D eigenvalue weighted by Crippen LogP contribution is -2.30. The summed E-state index contributed by atoms with van der Waals surface area (Å²) in [7, 11) is 0. The molecule has 0 aromatic carbocycles. The first-order valence-corrected chi connectivity index (χ1v) is 3.76. The molecule has 0 aromatic rings. The molecule has 0 rings (SSSR count). The third-order valence-corrected chi connectivity index (χ3v) is 1.11. The van der Waals surface area contributed by atoms with E-state index in [0.29, 0.717) is 6.42 Å². The molecule has 4 heteroatoms. The van der Waals surface area contributed by atoms with E-state index < -0.39 is 5.91 Å². The highest BCUT2D eigenvalue weighted by atomic mass is 16.2. The third-order valence-electron chi connectivity index (χ3n) is 1.11. The van der Waals surface area contributed by atoms with Gasteiger partial charge in [0.25, 0.3) is 0 Å². The smallest absolute Gasteiger partial charge is 0.240 e. The van der Waals surface area contributed by atoms with Gasteiger partial charge in [-0.2, -0.15) is 5.26 Å². The van der Waals surface area contributed by atoms with Gasteiger partial charge < -0.3 is 0 Å². The van der Waals surface area contributed by atoms with Crippen molar-refractivity contribution in [2.24, 2.45) is 5.92 Å². The van der Waals surface area contributed by atoms with Gasteiger partial charge in [0, 0.05) is 6.42 Å². The Morgan fingerprint density at radius 2 is 2.00 bits per heavy atom. The lowest BCUT2D eigenvalue weighted by molar-refractivity contribution is -0.130. The minimum Gasteiger partial charge on any atom is -0.296 e. The minimum atomic E-state index is -0.525. The molecular formula is C8H12N2O2. The number of imide groups is 1. The number of hydrogen-bond acceptors (Lipinski definition) is 3. The minimum absolute atomic E-state index is 0.222. The van der Waals surface area contributed by atoms with Crippen molar-refractivity contribution in [1.82, 2.24) is 5.32 Å². The van der Waals surface area contributed by atoms with Crippen LogP contribution in [0.5, 0.6) is 0 Å². The lowest BCUT2D eigenvalue weighted by atomic mass is 10.1. The van der Waals surface area contributed by atoms with Crippen LogP contribution in [0.15, 0.2) is 0 Å². The fourth-order valence-electron chi connectivity index (χ4n) is 0.693. The van der Waals surface area contributed by atoms with Gasteiger partial charge >= 0.3 is 0 Å². The van der Waals surface area contributed by atoms with Crippen LogP contribution in [0, 0.1) is 17.2 Å². The van der Waals surface area contributed by atoms with Gasteiger partial charge in [-0.1, -0.05) is 13.8 Å². The third kappa shape index (κ3) is 5.42. The number of nitrogens with one attached hydrogen (secondary N) is 1. The Balaban J connectivity index is 3.71. The molecule has 0 aliphatic rings. The van der Waals surface area contributed by atoms with Gasteiger partial charge in [-0.3, -0.25) is 14.9 Å². The van der Waals surface area contributed by atoms with Crippen LogP contribution in [0.4, 0.5) is 0 Å². The molecule has 4 nitrogen and oxygen atoms in total. The predicted molar refractivity (Wildman–Crippen MR) is 42.8 cm³/mol. The number of amides is 2. The molecule has 0 aliphatic heterocycles. The number of hydrogen-bond donors (Lipinski definition) is 1. The average Bonchev–Trinajstić information content (AvgIpc) is 1.84. The number of nitriles is 1. The Labute approximate surface area is 71.6 Å². The van der Waals surface area contributed by atoms with Crippen LogP contribution >= 0.6 is 0 Å². The van der Waals surface area contributed by atoms with Crippen molar-refractivity contribution in [3.05, 3.63) is 0 Å². The van der Waals surface area contributed by atoms with Crippen LogP contribution in [0.3, 0.4) is 0 Å². The second kappa shape index (κ2) is 5.30. The molecule has 2 amide bonds. The number of carbonyl (C=O) groups excluding carboxylic acids is 2. The summed E-state index contributed by atoms with van der Waals surface area (Å²) in [6, 6.07) is 1.66. The van der Waals surface area contributed by atoms with Crippen LogP contribution < -0.4 is 5.32 Å². The Hall–Kier alpha value is -1.37. The fourth-order valence-corrected chi connectivity index (χ4v) is 0.693. The Morgan fingerprint density at radius 3 is 2.42 bits per heavy atom. The standard InChI is InChI=1S/C8H12N2O2/c1-6(2)5-8(12)10-7(11)3-4-9/h6H,3,5H2,1-2H3,(H,10,11,12). The van der Waals surface area contributed by atoms with Gasteiger partial charge in [0.05, 0.1) is 6.07 Å². The molecule has 0 fully saturated rings. The number of nitrogens with zero attached hydrogens (tertiary/aromatic N) is 1. The average molecular weight is 168 g/mol. The van der Waals surface area contributed by atoms with Crippen molar-refractivity contribution in [2.45, 2.75) is 26.7 Å². The topological polar surface area (TPSA) is 70.0 Å². The van der Waals surface area contributed by atoms with Crippen LogP contribution in [0.25, 0.3) is 0 Å². The highest BCUT2D eigenvalue weighted by molar-refractivity contribution is 5.95. The van der Waals surface area contributed by atoms with Crippen molar-refractivity contribution in [2.75, 3.05) is 0 Å². The summed E-state index contributed by atoms with van der Waals surface area (Å²) in [6.07, 6.45) is 0.0566.